The predicted octanol–water partition coefficient (Wildman–Crippen LogP) is 1.57. The molecule has 0 aromatic carbocycles. The van der Waals surface area contributed by atoms with Gasteiger partial charge in [0.05, 0.1) is 12.7 Å². The molecule has 2 saturated heterocycles. The standard InChI is InChI=1S/C14H19N3OS/c15-6-13-3-4-14(19-13)8-16-7-12-9-17-5-1-2-11(17)10-18-12/h3-4,11-12,16H,1-2,5,7-10H2. The zero-order chi connectivity index (χ0) is 13.1. The van der Waals surface area contributed by atoms with Gasteiger partial charge in [-0.1, -0.05) is 0 Å². The van der Waals surface area contributed by atoms with Crippen molar-refractivity contribution in [3.05, 3.63) is 21.9 Å². The molecule has 0 spiro atoms. The van der Waals surface area contributed by atoms with Crippen molar-refractivity contribution >= 4 is 11.3 Å². The summed E-state index contributed by atoms with van der Waals surface area (Å²) in [6, 6.07) is 6.75. The van der Waals surface area contributed by atoms with E-state index in [4.69, 9.17) is 10.00 Å². The minimum absolute atomic E-state index is 0.310. The van der Waals surface area contributed by atoms with Gasteiger partial charge in [0, 0.05) is 30.6 Å². The molecular formula is C14H19N3OS. The van der Waals surface area contributed by atoms with Crippen LogP contribution in [0.15, 0.2) is 12.1 Å². The number of nitriles is 1. The van der Waals surface area contributed by atoms with Crippen molar-refractivity contribution in [3.63, 3.8) is 0 Å². The van der Waals surface area contributed by atoms with Crippen molar-refractivity contribution in [2.45, 2.75) is 31.5 Å². The molecule has 2 fully saturated rings. The van der Waals surface area contributed by atoms with Crippen LogP contribution in [0.3, 0.4) is 0 Å². The highest BCUT2D eigenvalue weighted by Gasteiger charge is 2.31. The molecule has 19 heavy (non-hydrogen) atoms. The largest absolute Gasteiger partial charge is 0.374 e. The topological polar surface area (TPSA) is 48.3 Å². The second kappa shape index (κ2) is 6.02. The molecule has 0 bridgehead atoms. The van der Waals surface area contributed by atoms with E-state index in [-0.39, 0.29) is 0 Å². The van der Waals surface area contributed by atoms with Gasteiger partial charge < -0.3 is 10.1 Å². The maximum absolute atomic E-state index is 8.78. The molecule has 4 nitrogen and oxygen atoms in total. The molecule has 0 radical (unpaired) electrons. The van der Waals surface area contributed by atoms with E-state index in [0.29, 0.717) is 12.1 Å². The van der Waals surface area contributed by atoms with Gasteiger partial charge >= 0.3 is 0 Å². The Labute approximate surface area is 118 Å². The van der Waals surface area contributed by atoms with E-state index in [2.05, 4.69) is 16.3 Å². The molecule has 3 rings (SSSR count). The SMILES string of the molecule is N#Cc1ccc(CNCC2CN3CCCC3CO2)s1. The van der Waals surface area contributed by atoms with Crippen molar-refractivity contribution in [1.82, 2.24) is 10.2 Å². The maximum Gasteiger partial charge on any atom is 0.110 e. The highest BCUT2D eigenvalue weighted by Crippen LogP contribution is 2.22. The molecule has 1 N–H and O–H groups in total. The van der Waals surface area contributed by atoms with Crippen molar-refractivity contribution in [1.29, 1.82) is 5.26 Å². The number of hydrogen-bond donors (Lipinski definition) is 1. The van der Waals surface area contributed by atoms with Crippen LogP contribution in [0.4, 0.5) is 0 Å². The normalized spacial score (nSPS) is 27.1. The lowest BCUT2D eigenvalue weighted by Crippen LogP contribution is -2.49. The summed E-state index contributed by atoms with van der Waals surface area (Å²) in [4.78, 5) is 4.56. The summed E-state index contributed by atoms with van der Waals surface area (Å²) in [6.07, 6.45) is 2.93. The molecular weight excluding hydrogens is 258 g/mol. The van der Waals surface area contributed by atoms with Gasteiger partial charge in [-0.3, -0.25) is 4.90 Å². The van der Waals surface area contributed by atoms with Crippen LogP contribution in [0, 0.1) is 11.3 Å². The number of hydrogen-bond acceptors (Lipinski definition) is 5. The minimum atomic E-state index is 0.310. The molecule has 2 aliphatic heterocycles. The number of rotatable bonds is 4. The van der Waals surface area contributed by atoms with E-state index in [1.165, 1.54) is 24.3 Å². The number of nitrogens with zero attached hydrogens (tertiary/aromatic N) is 2. The Kier molecular flexibility index (Phi) is 4.14. The van der Waals surface area contributed by atoms with E-state index in [1.54, 1.807) is 11.3 Å². The quantitative estimate of drug-likeness (QED) is 0.907. The third-order valence-corrected chi connectivity index (χ3v) is 4.89. The lowest BCUT2D eigenvalue weighted by atomic mass is 10.2. The molecule has 102 valence electrons. The highest BCUT2D eigenvalue weighted by molar-refractivity contribution is 7.12. The van der Waals surface area contributed by atoms with E-state index >= 15 is 0 Å². The summed E-state index contributed by atoms with van der Waals surface area (Å²) in [6.45, 7) is 4.91. The molecule has 2 unspecified atom stereocenters. The zero-order valence-corrected chi connectivity index (χ0v) is 11.8. The summed E-state index contributed by atoms with van der Waals surface area (Å²) < 4.78 is 5.90. The third kappa shape index (κ3) is 3.15. The Morgan fingerprint density at radius 1 is 1.53 bits per heavy atom. The van der Waals surface area contributed by atoms with E-state index < -0.39 is 0 Å². The van der Waals surface area contributed by atoms with Gasteiger partial charge in [0.25, 0.3) is 0 Å². The molecule has 3 heterocycles. The maximum atomic E-state index is 8.78. The molecule has 0 aliphatic carbocycles. The number of thiophene rings is 1. The Balaban J connectivity index is 1.41. The van der Waals surface area contributed by atoms with Gasteiger partial charge in [-0.25, -0.2) is 0 Å². The fourth-order valence-corrected chi connectivity index (χ4v) is 3.67. The van der Waals surface area contributed by atoms with Crippen molar-refractivity contribution in [2.24, 2.45) is 0 Å². The fourth-order valence-electron chi connectivity index (χ4n) is 2.90. The number of nitrogens with one attached hydrogen (secondary N) is 1. The van der Waals surface area contributed by atoms with Gasteiger partial charge in [0.15, 0.2) is 0 Å². The Morgan fingerprint density at radius 2 is 2.47 bits per heavy atom. The summed E-state index contributed by atoms with van der Waals surface area (Å²) in [5.74, 6) is 0. The molecule has 1 aromatic heterocycles. The summed E-state index contributed by atoms with van der Waals surface area (Å²) in [5, 5.41) is 12.2. The van der Waals surface area contributed by atoms with Crippen LogP contribution in [-0.2, 0) is 11.3 Å². The fraction of sp³-hybridized carbons (Fsp3) is 0.643. The van der Waals surface area contributed by atoms with Crippen LogP contribution in [0.25, 0.3) is 0 Å². The van der Waals surface area contributed by atoms with Gasteiger partial charge in [-0.15, -0.1) is 11.3 Å². The lowest BCUT2D eigenvalue weighted by Gasteiger charge is -2.35. The zero-order valence-electron chi connectivity index (χ0n) is 11.0. The van der Waals surface area contributed by atoms with Crippen molar-refractivity contribution in [2.75, 3.05) is 26.2 Å². The second-order valence-corrected chi connectivity index (χ2v) is 6.42. The van der Waals surface area contributed by atoms with Crippen LogP contribution < -0.4 is 5.32 Å². The second-order valence-electron chi connectivity index (χ2n) is 5.25. The van der Waals surface area contributed by atoms with Crippen LogP contribution in [-0.4, -0.2) is 43.3 Å². The third-order valence-electron chi connectivity index (χ3n) is 3.90. The average molecular weight is 277 g/mol. The lowest BCUT2D eigenvalue weighted by molar-refractivity contribution is -0.0470. The first-order valence-electron chi connectivity index (χ1n) is 6.90. The Morgan fingerprint density at radius 3 is 3.32 bits per heavy atom. The predicted molar refractivity (Wildman–Crippen MR) is 75.1 cm³/mol. The minimum Gasteiger partial charge on any atom is -0.374 e. The van der Waals surface area contributed by atoms with Crippen LogP contribution >= 0.6 is 11.3 Å². The van der Waals surface area contributed by atoms with Crippen LogP contribution in [0.5, 0.6) is 0 Å². The van der Waals surface area contributed by atoms with Crippen LogP contribution in [0.2, 0.25) is 0 Å². The number of fused-ring (bicyclic) bond motifs is 1. The van der Waals surface area contributed by atoms with Crippen LogP contribution in [0.1, 0.15) is 22.6 Å². The van der Waals surface area contributed by atoms with E-state index in [1.807, 2.05) is 12.1 Å². The van der Waals surface area contributed by atoms with Crippen molar-refractivity contribution in [3.8, 4) is 6.07 Å². The molecule has 2 atom stereocenters. The first-order chi connectivity index (χ1) is 9.35. The first-order valence-corrected chi connectivity index (χ1v) is 7.72. The monoisotopic (exact) mass is 277 g/mol. The Bertz CT molecular complexity index is 468. The summed E-state index contributed by atoms with van der Waals surface area (Å²) in [7, 11) is 0. The summed E-state index contributed by atoms with van der Waals surface area (Å²) >= 11 is 1.56. The molecule has 5 heteroatoms. The molecule has 0 amide bonds. The first kappa shape index (κ1) is 13.1. The van der Waals surface area contributed by atoms with Gasteiger partial charge in [0.1, 0.15) is 10.9 Å². The van der Waals surface area contributed by atoms with Gasteiger partial charge in [-0.2, -0.15) is 5.26 Å². The van der Waals surface area contributed by atoms with E-state index in [0.717, 1.165) is 31.1 Å². The molecule has 2 aliphatic rings. The highest BCUT2D eigenvalue weighted by atomic mass is 32.1. The average Bonchev–Trinajstić information content (AvgIpc) is 3.06. The van der Waals surface area contributed by atoms with Crippen molar-refractivity contribution < 1.29 is 4.74 Å². The van der Waals surface area contributed by atoms with Gasteiger partial charge in [0.2, 0.25) is 0 Å². The molecule has 0 saturated carbocycles. The van der Waals surface area contributed by atoms with Gasteiger partial charge in [-0.05, 0) is 31.5 Å². The Hall–Kier alpha value is -0.930. The number of ether oxygens (including phenoxy) is 1. The smallest absolute Gasteiger partial charge is 0.110 e. The van der Waals surface area contributed by atoms with E-state index in [9.17, 15) is 0 Å². The number of morpholine rings is 1. The molecule has 1 aromatic rings. The summed E-state index contributed by atoms with van der Waals surface area (Å²) in [5.41, 5.74) is 0.